The Hall–Kier alpha value is -0.960. The van der Waals surface area contributed by atoms with Crippen LogP contribution in [-0.4, -0.2) is 37.5 Å². The lowest BCUT2D eigenvalue weighted by Crippen LogP contribution is -2.40. The Morgan fingerprint density at radius 1 is 1.20 bits per heavy atom. The Morgan fingerprint density at radius 2 is 1.76 bits per heavy atom. The van der Waals surface area contributed by atoms with Gasteiger partial charge in [-0.05, 0) is 39.1 Å². The molecule has 1 unspecified atom stereocenters. The second kappa shape index (κ2) is 10.9. The first-order valence-corrected chi connectivity index (χ1v) is 8.66. The van der Waals surface area contributed by atoms with E-state index in [-0.39, 0.29) is 36.1 Å². The van der Waals surface area contributed by atoms with E-state index in [0.29, 0.717) is 12.0 Å². The average Bonchev–Trinajstić information content (AvgIpc) is 2.78. The van der Waals surface area contributed by atoms with Crippen molar-refractivity contribution >= 4 is 29.9 Å². The van der Waals surface area contributed by atoms with Crippen molar-refractivity contribution in [3.63, 3.8) is 0 Å². The summed E-state index contributed by atoms with van der Waals surface area (Å²) >= 11 is 0. The van der Waals surface area contributed by atoms with Crippen LogP contribution in [0.5, 0.6) is 0 Å². The highest BCUT2D eigenvalue weighted by Crippen LogP contribution is 2.24. The fraction of sp³-hybridized carbons (Fsp3) is 0.611. The zero-order valence-corrected chi connectivity index (χ0v) is 17.3. The molecule has 0 bridgehead atoms. The fourth-order valence-corrected chi connectivity index (χ4v) is 3.21. The maximum Gasteiger partial charge on any atom is 0.188 e. The minimum atomic E-state index is -0.556. The van der Waals surface area contributed by atoms with Crippen LogP contribution in [0.15, 0.2) is 23.2 Å². The number of likely N-dealkylation sites (N-methyl/N-ethyl adjacent to an activating group) is 1. The van der Waals surface area contributed by atoms with Gasteiger partial charge in [-0.25, -0.2) is 8.78 Å². The molecule has 7 heteroatoms. The van der Waals surface area contributed by atoms with E-state index in [1.165, 1.54) is 43.9 Å². The van der Waals surface area contributed by atoms with Gasteiger partial charge in [0.2, 0.25) is 0 Å². The molecule has 1 aromatic rings. The quantitative estimate of drug-likeness (QED) is 0.301. The van der Waals surface area contributed by atoms with Gasteiger partial charge in [-0.15, -0.1) is 24.0 Å². The van der Waals surface area contributed by atoms with E-state index >= 15 is 0 Å². The minimum absolute atomic E-state index is 0. The SMILES string of the molecule is CN(C)C(CN=C(N)NC1CCCCCC1)c1c(F)cccc1F.I. The predicted molar refractivity (Wildman–Crippen MR) is 109 cm³/mol. The molecule has 0 aromatic heterocycles. The van der Waals surface area contributed by atoms with Crippen molar-refractivity contribution in [1.29, 1.82) is 0 Å². The number of halogens is 3. The van der Waals surface area contributed by atoms with Gasteiger partial charge in [0.15, 0.2) is 5.96 Å². The van der Waals surface area contributed by atoms with Crippen LogP contribution in [-0.2, 0) is 0 Å². The molecular weight excluding hydrogens is 437 g/mol. The summed E-state index contributed by atoms with van der Waals surface area (Å²) in [4.78, 5) is 6.09. The van der Waals surface area contributed by atoms with Gasteiger partial charge in [0, 0.05) is 11.6 Å². The number of aliphatic imine (C=N–C) groups is 1. The molecule has 0 saturated heterocycles. The summed E-state index contributed by atoms with van der Waals surface area (Å²) in [6, 6.07) is 3.75. The van der Waals surface area contributed by atoms with Gasteiger partial charge in [0.1, 0.15) is 11.6 Å². The van der Waals surface area contributed by atoms with Crippen LogP contribution in [0.3, 0.4) is 0 Å². The number of guanidine groups is 1. The summed E-state index contributed by atoms with van der Waals surface area (Å²) in [5.74, 6) is -0.760. The summed E-state index contributed by atoms with van der Waals surface area (Å²) in [6.45, 7) is 0.205. The molecule has 0 aliphatic heterocycles. The van der Waals surface area contributed by atoms with Crippen LogP contribution >= 0.6 is 24.0 Å². The molecule has 2 rings (SSSR count). The number of nitrogens with zero attached hydrogens (tertiary/aromatic N) is 2. The minimum Gasteiger partial charge on any atom is -0.370 e. The Kier molecular flexibility index (Phi) is 9.63. The molecule has 3 N–H and O–H groups in total. The molecule has 1 aliphatic rings. The van der Waals surface area contributed by atoms with E-state index < -0.39 is 17.7 Å². The normalized spacial score (nSPS) is 17.7. The summed E-state index contributed by atoms with van der Waals surface area (Å²) in [5, 5.41) is 3.26. The van der Waals surface area contributed by atoms with E-state index in [0.717, 1.165) is 12.8 Å². The topological polar surface area (TPSA) is 53.6 Å². The third kappa shape index (κ3) is 6.69. The van der Waals surface area contributed by atoms with Crippen molar-refractivity contribution in [3.05, 3.63) is 35.4 Å². The Bertz CT molecular complexity index is 538. The van der Waals surface area contributed by atoms with Gasteiger partial charge in [-0.2, -0.15) is 0 Å². The van der Waals surface area contributed by atoms with Gasteiger partial charge in [-0.3, -0.25) is 4.99 Å². The average molecular weight is 466 g/mol. The highest BCUT2D eigenvalue weighted by molar-refractivity contribution is 14.0. The summed E-state index contributed by atoms with van der Waals surface area (Å²) in [6.07, 6.45) is 7.12. The van der Waals surface area contributed by atoms with Crippen LogP contribution in [0.25, 0.3) is 0 Å². The van der Waals surface area contributed by atoms with Gasteiger partial charge >= 0.3 is 0 Å². The number of nitrogens with two attached hydrogens (primary N) is 1. The molecule has 1 aromatic carbocycles. The van der Waals surface area contributed by atoms with Crippen molar-refractivity contribution in [3.8, 4) is 0 Å². The molecule has 0 heterocycles. The van der Waals surface area contributed by atoms with E-state index in [4.69, 9.17) is 5.73 Å². The molecule has 25 heavy (non-hydrogen) atoms. The van der Waals surface area contributed by atoms with Gasteiger partial charge < -0.3 is 16.0 Å². The molecule has 4 nitrogen and oxygen atoms in total. The number of nitrogens with one attached hydrogen (secondary N) is 1. The Labute approximate surface area is 166 Å². The molecular formula is C18H29F2IN4. The van der Waals surface area contributed by atoms with Crippen molar-refractivity contribution in [2.75, 3.05) is 20.6 Å². The van der Waals surface area contributed by atoms with Gasteiger partial charge in [-0.1, -0.05) is 31.7 Å². The van der Waals surface area contributed by atoms with Crippen LogP contribution in [0.2, 0.25) is 0 Å². The van der Waals surface area contributed by atoms with Crippen molar-refractivity contribution < 1.29 is 8.78 Å². The second-order valence-electron chi connectivity index (χ2n) is 6.67. The lowest BCUT2D eigenvalue weighted by Gasteiger charge is -2.24. The van der Waals surface area contributed by atoms with Crippen molar-refractivity contribution in [1.82, 2.24) is 10.2 Å². The monoisotopic (exact) mass is 466 g/mol. The zero-order valence-electron chi connectivity index (χ0n) is 15.0. The highest BCUT2D eigenvalue weighted by atomic mass is 127. The Balaban J connectivity index is 0.00000312. The van der Waals surface area contributed by atoms with E-state index in [1.807, 2.05) is 0 Å². The highest BCUT2D eigenvalue weighted by Gasteiger charge is 2.22. The molecule has 1 atom stereocenters. The third-order valence-corrected chi connectivity index (χ3v) is 4.60. The molecule has 0 radical (unpaired) electrons. The summed E-state index contributed by atoms with van der Waals surface area (Å²) in [5.41, 5.74) is 6.03. The molecule has 142 valence electrons. The molecule has 0 spiro atoms. The molecule has 0 amide bonds. The molecule has 1 fully saturated rings. The van der Waals surface area contributed by atoms with Crippen LogP contribution in [0.4, 0.5) is 8.78 Å². The molecule has 1 aliphatic carbocycles. The van der Waals surface area contributed by atoms with Crippen LogP contribution in [0.1, 0.15) is 50.1 Å². The largest absolute Gasteiger partial charge is 0.370 e. The van der Waals surface area contributed by atoms with Crippen LogP contribution < -0.4 is 11.1 Å². The van der Waals surface area contributed by atoms with Gasteiger partial charge in [0.25, 0.3) is 0 Å². The predicted octanol–water partition coefficient (Wildman–Crippen LogP) is 3.81. The fourth-order valence-electron chi connectivity index (χ4n) is 3.21. The smallest absolute Gasteiger partial charge is 0.188 e. The number of benzene rings is 1. The Morgan fingerprint density at radius 3 is 2.28 bits per heavy atom. The zero-order chi connectivity index (χ0) is 17.5. The van der Waals surface area contributed by atoms with Gasteiger partial charge in [0.05, 0.1) is 12.6 Å². The first-order valence-electron chi connectivity index (χ1n) is 8.66. The number of rotatable bonds is 5. The standard InChI is InChI=1S/C18H28F2N4.HI/c1-24(2)16(17-14(19)10-7-11-15(17)20)12-22-18(21)23-13-8-5-3-4-6-9-13;/h7,10-11,13,16H,3-6,8-9,12H2,1-2H3,(H3,21,22,23);1H. The van der Waals surface area contributed by atoms with E-state index in [1.54, 1.807) is 19.0 Å². The third-order valence-electron chi connectivity index (χ3n) is 4.60. The lowest BCUT2D eigenvalue weighted by atomic mass is 10.0. The summed E-state index contributed by atoms with van der Waals surface area (Å²) < 4.78 is 28.1. The van der Waals surface area contributed by atoms with Crippen molar-refractivity contribution in [2.45, 2.75) is 50.6 Å². The number of hydrogen-bond acceptors (Lipinski definition) is 2. The maximum atomic E-state index is 14.0. The maximum absolute atomic E-state index is 14.0. The van der Waals surface area contributed by atoms with Crippen molar-refractivity contribution in [2.24, 2.45) is 10.7 Å². The van der Waals surface area contributed by atoms with Crippen LogP contribution in [0, 0.1) is 11.6 Å². The second-order valence-corrected chi connectivity index (χ2v) is 6.67. The molecule has 1 saturated carbocycles. The van der Waals surface area contributed by atoms with E-state index in [9.17, 15) is 8.78 Å². The lowest BCUT2D eigenvalue weighted by molar-refractivity contribution is 0.290. The first-order chi connectivity index (χ1) is 11.5. The number of hydrogen-bond donors (Lipinski definition) is 2. The van der Waals surface area contributed by atoms with E-state index in [2.05, 4.69) is 10.3 Å². The first kappa shape index (κ1) is 22.1. The summed E-state index contributed by atoms with van der Waals surface area (Å²) in [7, 11) is 3.56.